The van der Waals surface area contributed by atoms with E-state index in [2.05, 4.69) is 9.05 Å². The molecule has 2 rings (SSSR count). The van der Waals surface area contributed by atoms with Gasteiger partial charge in [0, 0.05) is 22.8 Å². The summed E-state index contributed by atoms with van der Waals surface area (Å²) < 4.78 is 70.9. The van der Waals surface area contributed by atoms with Crippen molar-refractivity contribution < 1.29 is 46.3 Å². The monoisotopic (exact) mass is 518 g/mol. The summed E-state index contributed by atoms with van der Waals surface area (Å²) in [6, 6.07) is 5.48. The van der Waals surface area contributed by atoms with Crippen LogP contribution in [0.5, 0.6) is 23.0 Å². The highest BCUT2D eigenvalue weighted by Crippen LogP contribution is 2.52. The SMILES string of the molecule is CCOP(=O)(F)/C=C/c1cc(OC)c(O)c(-c2cc(/C=C/P(=O)(F)OCC)cc(OC)c2O)c1. The Morgan fingerprint density at radius 2 is 1.12 bits per heavy atom. The van der Waals surface area contributed by atoms with Gasteiger partial charge in [-0.25, -0.2) is 0 Å². The molecular weight excluding hydrogens is 492 g/mol. The zero-order chi connectivity index (χ0) is 25.5. The molecule has 0 fully saturated rings. The van der Waals surface area contributed by atoms with E-state index in [0.29, 0.717) is 0 Å². The van der Waals surface area contributed by atoms with Crippen LogP contribution in [0.3, 0.4) is 0 Å². The van der Waals surface area contributed by atoms with Crippen LogP contribution in [0.1, 0.15) is 25.0 Å². The van der Waals surface area contributed by atoms with Gasteiger partial charge in [-0.2, -0.15) is 8.39 Å². The van der Waals surface area contributed by atoms with E-state index >= 15 is 0 Å². The Labute approximate surface area is 196 Å². The molecule has 2 atom stereocenters. The van der Waals surface area contributed by atoms with Crippen molar-refractivity contribution in [2.45, 2.75) is 13.8 Å². The first-order chi connectivity index (χ1) is 16.0. The Morgan fingerprint density at radius 1 is 0.765 bits per heavy atom. The summed E-state index contributed by atoms with van der Waals surface area (Å²) in [6.07, 6.45) is 2.36. The second kappa shape index (κ2) is 11.7. The van der Waals surface area contributed by atoms with E-state index in [0.717, 1.165) is 11.6 Å². The number of ether oxygens (including phenoxy) is 2. The van der Waals surface area contributed by atoms with Gasteiger partial charge >= 0.3 is 15.4 Å². The van der Waals surface area contributed by atoms with Crippen LogP contribution in [-0.4, -0.2) is 37.6 Å². The lowest BCUT2D eigenvalue weighted by Crippen LogP contribution is -1.92. The summed E-state index contributed by atoms with van der Waals surface area (Å²) in [6.45, 7) is 2.81. The molecule has 0 amide bonds. The Hall–Kier alpha value is -2.64. The summed E-state index contributed by atoms with van der Waals surface area (Å²) in [5.74, 6) is 0.752. The average Bonchev–Trinajstić information content (AvgIpc) is 2.77. The number of rotatable bonds is 11. The molecule has 0 bridgehead atoms. The number of phenols is 2. The molecule has 34 heavy (non-hydrogen) atoms. The highest BCUT2D eigenvalue weighted by molar-refractivity contribution is 7.57. The molecule has 2 N–H and O–H groups in total. The van der Waals surface area contributed by atoms with Crippen molar-refractivity contribution in [1.29, 1.82) is 0 Å². The quantitative estimate of drug-likeness (QED) is 0.303. The van der Waals surface area contributed by atoms with Crippen LogP contribution >= 0.6 is 15.4 Å². The molecule has 0 aliphatic heterocycles. The van der Waals surface area contributed by atoms with Crippen molar-refractivity contribution >= 4 is 27.5 Å². The van der Waals surface area contributed by atoms with Crippen LogP contribution in [0, 0.1) is 0 Å². The number of methoxy groups -OCH3 is 2. The van der Waals surface area contributed by atoms with Gasteiger partial charge in [0.05, 0.1) is 27.4 Å². The van der Waals surface area contributed by atoms with Gasteiger partial charge in [-0.15, -0.1) is 0 Å². The average molecular weight is 518 g/mol. The molecule has 0 heterocycles. The molecule has 8 nitrogen and oxygen atoms in total. The van der Waals surface area contributed by atoms with Crippen LogP contribution in [-0.2, 0) is 18.2 Å². The maximum absolute atomic E-state index is 14.0. The summed E-state index contributed by atoms with van der Waals surface area (Å²) in [5, 5.41) is 21.4. The second-order valence-electron chi connectivity index (χ2n) is 6.75. The van der Waals surface area contributed by atoms with E-state index in [1.54, 1.807) is 0 Å². The van der Waals surface area contributed by atoms with Gasteiger partial charge in [0.25, 0.3) is 0 Å². The van der Waals surface area contributed by atoms with E-state index in [9.17, 15) is 27.7 Å². The Morgan fingerprint density at radius 3 is 1.41 bits per heavy atom. The number of benzene rings is 2. The van der Waals surface area contributed by atoms with Gasteiger partial charge in [0.2, 0.25) is 0 Å². The van der Waals surface area contributed by atoms with E-state index in [1.807, 2.05) is 0 Å². The minimum Gasteiger partial charge on any atom is -0.504 e. The van der Waals surface area contributed by atoms with Crippen LogP contribution in [0.2, 0.25) is 0 Å². The smallest absolute Gasteiger partial charge is 0.390 e. The van der Waals surface area contributed by atoms with Crippen LogP contribution in [0.25, 0.3) is 23.3 Å². The fraction of sp³-hybridized carbons (Fsp3) is 0.273. The third kappa shape index (κ3) is 7.18. The molecule has 2 aromatic rings. The standard InChI is InChI=1S/C22H26F2O8P2/c1-5-31-33(23,27)9-7-15-11-17(21(25)19(13-15)29-3)18-12-16(14-20(30-4)22(18)26)8-10-34(24,28)32-6-2/h7-14,25-26H,5-6H2,1-4H3/b9-7+,10-8+. The first-order valence-corrected chi connectivity index (χ1v) is 13.2. The van der Waals surface area contributed by atoms with Gasteiger partial charge in [0.1, 0.15) is 0 Å². The van der Waals surface area contributed by atoms with Gasteiger partial charge < -0.3 is 28.7 Å². The van der Waals surface area contributed by atoms with Crippen molar-refractivity contribution in [1.82, 2.24) is 0 Å². The number of aromatic hydroxyl groups is 2. The molecule has 0 aliphatic rings. The van der Waals surface area contributed by atoms with E-state index < -0.39 is 15.4 Å². The third-order valence-electron chi connectivity index (χ3n) is 4.42. The van der Waals surface area contributed by atoms with Crippen LogP contribution in [0.4, 0.5) is 8.39 Å². The number of phenolic OH excluding ortho intramolecular Hbond substituents is 2. The zero-order valence-electron chi connectivity index (χ0n) is 19.0. The van der Waals surface area contributed by atoms with E-state index in [4.69, 9.17) is 9.47 Å². The second-order valence-corrected chi connectivity index (χ2v) is 9.94. The minimum atomic E-state index is -4.48. The first kappa shape index (κ1) is 27.6. The predicted molar refractivity (Wildman–Crippen MR) is 127 cm³/mol. The first-order valence-electron chi connectivity index (χ1n) is 10.1. The fourth-order valence-electron chi connectivity index (χ4n) is 2.96. The number of hydrogen-bond donors (Lipinski definition) is 2. The van der Waals surface area contributed by atoms with E-state index in [1.165, 1.54) is 64.5 Å². The highest BCUT2D eigenvalue weighted by Gasteiger charge is 2.21. The molecule has 0 aromatic heterocycles. The van der Waals surface area contributed by atoms with Gasteiger partial charge in [-0.1, -0.05) is 0 Å². The van der Waals surface area contributed by atoms with Crippen molar-refractivity contribution in [2.75, 3.05) is 27.4 Å². The third-order valence-corrected chi connectivity index (χ3v) is 6.66. The Balaban J connectivity index is 2.67. The minimum absolute atomic E-state index is 0.0221. The Bertz CT molecular complexity index is 1090. The summed E-state index contributed by atoms with van der Waals surface area (Å²) in [5.41, 5.74) is 0.629. The maximum atomic E-state index is 14.0. The molecule has 186 valence electrons. The van der Waals surface area contributed by atoms with Crippen LogP contribution < -0.4 is 9.47 Å². The molecule has 0 spiro atoms. The Kier molecular flexibility index (Phi) is 9.47. The maximum Gasteiger partial charge on any atom is 0.390 e. The lowest BCUT2D eigenvalue weighted by Gasteiger charge is -2.15. The summed E-state index contributed by atoms with van der Waals surface area (Å²) in [7, 11) is -6.37. The fourth-order valence-corrected chi connectivity index (χ4v) is 4.54. The lowest BCUT2D eigenvalue weighted by atomic mass is 9.97. The van der Waals surface area contributed by atoms with Gasteiger partial charge in [-0.3, -0.25) is 9.13 Å². The molecule has 2 aromatic carbocycles. The summed E-state index contributed by atoms with van der Waals surface area (Å²) >= 11 is 0. The van der Waals surface area contributed by atoms with Crippen LogP contribution in [0.15, 0.2) is 35.9 Å². The van der Waals surface area contributed by atoms with Crippen molar-refractivity contribution in [3.05, 3.63) is 47.0 Å². The highest BCUT2D eigenvalue weighted by atomic mass is 31.2. The molecule has 0 aliphatic carbocycles. The van der Waals surface area contributed by atoms with Gasteiger partial charge in [-0.05, 0) is 61.4 Å². The molecular formula is C22H26F2O8P2. The molecule has 2 unspecified atom stereocenters. The molecule has 0 saturated heterocycles. The van der Waals surface area contributed by atoms with E-state index in [-0.39, 0.29) is 58.5 Å². The molecule has 0 radical (unpaired) electrons. The summed E-state index contributed by atoms with van der Waals surface area (Å²) in [4.78, 5) is 0. The lowest BCUT2D eigenvalue weighted by molar-refractivity contribution is 0.311. The number of halogens is 2. The number of hydrogen-bond acceptors (Lipinski definition) is 8. The predicted octanol–water partition coefficient (Wildman–Crippen LogP) is 7.12. The van der Waals surface area contributed by atoms with Crippen molar-refractivity contribution in [2.24, 2.45) is 0 Å². The topological polar surface area (TPSA) is 112 Å². The van der Waals surface area contributed by atoms with Crippen molar-refractivity contribution in [3.63, 3.8) is 0 Å². The largest absolute Gasteiger partial charge is 0.504 e. The molecule has 0 saturated carbocycles. The molecule has 12 heteroatoms. The normalized spacial score (nSPS) is 15.4. The van der Waals surface area contributed by atoms with Gasteiger partial charge in [0.15, 0.2) is 23.0 Å². The zero-order valence-corrected chi connectivity index (χ0v) is 20.8. The van der Waals surface area contributed by atoms with Crippen molar-refractivity contribution in [3.8, 4) is 34.1 Å².